The van der Waals surface area contributed by atoms with Crippen LogP contribution >= 0.6 is 0 Å². The summed E-state index contributed by atoms with van der Waals surface area (Å²) in [6.07, 6.45) is 13.8. The highest BCUT2D eigenvalue weighted by molar-refractivity contribution is 6.10. The van der Waals surface area contributed by atoms with E-state index in [9.17, 15) is 0 Å². The van der Waals surface area contributed by atoms with Gasteiger partial charge in [0.2, 0.25) is 0 Å². The fourth-order valence-corrected chi connectivity index (χ4v) is 18.1. The van der Waals surface area contributed by atoms with Crippen molar-refractivity contribution in [3.63, 3.8) is 0 Å². The van der Waals surface area contributed by atoms with Crippen LogP contribution < -0.4 is 0 Å². The summed E-state index contributed by atoms with van der Waals surface area (Å²) in [5.41, 5.74) is 34.4. The predicted octanol–water partition coefficient (Wildman–Crippen LogP) is 24.8. The van der Waals surface area contributed by atoms with Crippen molar-refractivity contribution in [1.29, 1.82) is 0 Å². The third-order valence-corrected chi connectivity index (χ3v) is 23.0. The predicted molar refractivity (Wildman–Crippen MR) is 428 cm³/mol. The van der Waals surface area contributed by atoms with Crippen LogP contribution in [-0.4, -0.2) is 19.1 Å². The molecule has 0 amide bonds. The largest absolute Gasteiger partial charge is 0.337 e. The standard InChI is InChI=1S/C50H42N2.C34H25N.C14H11N/c1-3-40(52-48-17-8-5-13-43(48)44-14-6-9-18-49(44)52)28-33(2)34-19-21-35(22-20-34)36-25-26-42-41-12-4-7-15-45(41)50(46(42)30-36)31-38-24-23-37(29-39(38)32-50)47-16-10-11-27-51-47;1-2-23-10-12-24(13-11-23)25-16-17-30-29-7-3-4-8-31(29)34(32(30)20-25)21-27-15-14-26(19-28(27)22-34)33-9-5-6-18-35-33;1-2-15-13-9-5-3-7-11(13)12-8-4-6-10-14(12)15/h4-27,29-30,33,40H,3,28,31-32H2,1-2H3;2-20H,1,21-22H2;2-10H,1H2. The van der Waals surface area contributed by atoms with Crippen molar-refractivity contribution in [3.8, 4) is 67.0 Å². The first-order valence-electron chi connectivity index (χ1n) is 36.2. The SMILES string of the molecule is C=Cc1ccc(-c2ccc3c(c2)C2(Cc4ccc(-c5ccccn5)cc4C2)c2ccccc2-3)cc1.C=Cn1c2ccccc2c2ccccc21.CCC(CC(C)c1ccc(-c2ccc3c(c2)C2(Cc4ccc(-c5ccccn5)cc4C2)c2ccccc2-3)cc1)n1c2ccccc2c2ccccc21. The number of para-hydroxylation sites is 4. The Kier molecular flexibility index (Phi) is 15.7. The molecule has 0 bridgehead atoms. The van der Waals surface area contributed by atoms with Gasteiger partial charge >= 0.3 is 0 Å². The van der Waals surface area contributed by atoms with Crippen LogP contribution in [0.4, 0.5) is 0 Å². The molecule has 4 atom stereocenters. The fraction of sp³-hybridized carbons (Fsp3) is 0.122. The van der Waals surface area contributed by atoms with Crippen molar-refractivity contribution in [2.75, 3.05) is 0 Å². The average Bonchev–Trinajstić information content (AvgIpc) is 1.55. The van der Waals surface area contributed by atoms with Gasteiger partial charge in [-0.1, -0.05) is 264 Å². The highest BCUT2D eigenvalue weighted by atomic mass is 15.0. The van der Waals surface area contributed by atoms with Crippen molar-refractivity contribution in [3.05, 3.63) is 385 Å². The van der Waals surface area contributed by atoms with Gasteiger partial charge in [-0.05, 0) is 217 Å². The molecule has 102 heavy (non-hydrogen) atoms. The van der Waals surface area contributed by atoms with E-state index in [1.807, 2.05) is 36.8 Å². The first-order chi connectivity index (χ1) is 50.3. The van der Waals surface area contributed by atoms with Gasteiger partial charge in [-0.3, -0.25) is 9.97 Å². The topological polar surface area (TPSA) is 35.6 Å². The number of hydrogen-bond donors (Lipinski definition) is 0. The van der Waals surface area contributed by atoms with Crippen molar-refractivity contribution in [1.82, 2.24) is 19.1 Å². The van der Waals surface area contributed by atoms with Gasteiger partial charge in [-0.2, -0.15) is 0 Å². The molecule has 0 radical (unpaired) electrons. The van der Waals surface area contributed by atoms with Crippen molar-refractivity contribution in [2.24, 2.45) is 0 Å². The molecule has 4 aromatic heterocycles. The summed E-state index contributed by atoms with van der Waals surface area (Å²) < 4.78 is 4.74. The smallest absolute Gasteiger partial charge is 0.0702 e. The van der Waals surface area contributed by atoms with Crippen molar-refractivity contribution in [2.45, 2.75) is 75.2 Å². The van der Waals surface area contributed by atoms with E-state index >= 15 is 0 Å². The molecular weight excluding hydrogens is 1230 g/mol. The molecule has 4 unspecified atom stereocenters. The molecule has 0 saturated heterocycles. The fourth-order valence-electron chi connectivity index (χ4n) is 18.1. The van der Waals surface area contributed by atoms with E-state index in [1.165, 1.54) is 149 Å². The number of nitrogens with zero attached hydrogens (tertiary/aromatic N) is 4. The molecule has 0 fully saturated rings. The van der Waals surface area contributed by atoms with Crippen LogP contribution in [0, 0.1) is 0 Å². The zero-order chi connectivity index (χ0) is 68.5. The van der Waals surface area contributed by atoms with Crippen LogP contribution in [0.2, 0.25) is 0 Å². The number of aromatic nitrogens is 4. The van der Waals surface area contributed by atoms with Crippen LogP contribution in [0.5, 0.6) is 0 Å². The molecule has 2 spiro atoms. The van der Waals surface area contributed by atoms with Crippen LogP contribution in [0.1, 0.15) is 94.3 Å². The molecule has 4 aliphatic carbocycles. The van der Waals surface area contributed by atoms with E-state index in [1.54, 1.807) is 0 Å². The maximum atomic E-state index is 4.65. The Bertz CT molecular complexity index is 5810. The van der Waals surface area contributed by atoms with E-state index in [-0.39, 0.29) is 10.8 Å². The molecule has 12 aromatic carbocycles. The van der Waals surface area contributed by atoms with Crippen LogP contribution in [0.15, 0.2) is 329 Å². The molecule has 4 heterocycles. The summed E-state index contributed by atoms with van der Waals surface area (Å²) in [5, 5.41) is 5.27. The van der Waals surface area contributed by atoms with Gasteiger partial charge in [0, 0.05) is 79.2 Å². The van der Waals surface area contributed by atoms with Gasteiger partial charge in [0.05, 0.1) is 22.4 Å². The normalized spacial score (nSPS) is 16.1. The van der Waals surface area contributed by atoms with Crippen LogP contribution in [-0.2, 0) is 36.5 Å². The lowest BCUT2D eigenvalue weighted by Crippen LogP contribution is -2.25. The van der Waals surface area contributed by atoms with Gasteiger partial charge in [0.15, 0.2) is 0 Å². The average molecular weight is 1310 g/mol. The highest BCUT2D eigenvalue weighted by Gasteiger charge is 2.49. The number of fused-ring (bicyclic) bond motifs is 18. The van der Waals surface area contributed by atoms with Gasteiger partial charge in [-0.25, -0.2) is 0 Å². The summed E-state index contributed by atoms with van der Waals surface area (Å²) in [7, 11) is 0. The Morgan fingerprint density at radius 1 is 0.373 bits per heavy atom. The number of benzene rings is 12. The number of hydrogen-bond acceptors (Lipinski definition) is 2. The van der Waals surface area contributed by atoms with E-state index in [0.717, 1.165) is 55.5 Å². The van der Waals surface area contributed by atoms with Crippen LogP contribution in [0.3, 0.4) is 0 Å². The van der Waals surface area contributed by atoms with E-state index in [2.05, 4.69) is 337 Å². The van der Waals surface area contributed by atoms with E-state index < -0.39 is 0 Å². The maximum Gasteiger partial charge on any atom is 0.0702 e. The van der Waals surface area contributed by atoms with Gasteiger partial charge < -0.3 is 9.13 Å². The zero-order valence-corrected chi connectivity index (χ0v) is 57.8. The zero-order valence-electron chi connectivity index (χ0n) is 57.8. The van der Waals surface area contributed by atoms with E-state index in [4.69, 9.17) is 0 Å². The molecule has 0 saturated carbocycles. The number of rotatable bonds is 11. The summed E-state index contributed by atoms with van der Waals surface area (Å²) in [6.45, 7) is 12.5. The minimum absolute atomic E-state index is 0.0198. The Balaban J connectivity index is 0.000000127. The molecule has 16 aromatic rings. The molecule has 0 N–H and O–H groups in total. The lowest BCUT2D eigenvalue weighted by atomic mass is 9.75. The second-order valence-electron chi connectivity index (χ2n) is 28.5. The highest BCUT2D eigenvalue weighted by Crippen LogP contribution is 2.58. The lowest BCUT2D eigenvalue weighted by Gasteiger charge is -2.27. The third-order valence-electron chi connectivity index (χ3n) is 23.0. The van der Waals surface area contributed by atoms with Gasteiger partial charge in [0.25, 0.3) is 0 Å². The summed E-state index contributed by atoms with van der Waals surface area (Å²) in [5.74, 6) is 0.435. The monoisotopic (exact) mass is 1310 g/mol. The third kappa shape index (κ3) is 10.5. The minimum Gasteiger partial charge on any atom is -0.337 e. The Hall–Kier alpha value is -12.0. The van der Waals surface area contributed by atoms with Gasteiger partial charge in [-0.15, -0.1) is 0 Å². The summed E-state index contributed by atoms with van der Waals surface area (Å²) in [4.78, 5) is 9.23. The Labute approximate surface area is 598 Å². The summed E-state index contributed by atoms with van der Waals surface area (Å²) >= 11 is 0. The molecule has 4 heteroatoms. The second kappa shape index (κ2) is 25.6. The second-order valence-corrected chi connectivity index (χ2v) is 28.5. The molecule has 20 rings (SSSR count). The molecule has 4 nitrogen and oxygen atoms in total. The molecule has 4 aliphatic rings. The van der Waals surface area contributed by atoms with Crippen LogP contribution in [0.25, 0.3) is 123 Å². The summed E-state index contributed by atoms with van der Waals surface area (Å²) in [6, 6.07) is 112. The molecule has 490 valence electrons. The molecular formula is C98H78N4. The van der Waals surface area contributed by atoms with Crippen molar-refractivity contribution >= 4 is 55.9 Å². The lowest BCUT2D eigenvalue weighted by molar-refractivity contribution is 0.441. The maximum absolute atomic E-state index is 4.65. The Morgan fingerprint density at radius 3 is 1.22 bits per heavy atom. The Morgan fingerprint density at radius 2 is 0.765 bits per heavy atom. The minimum atomic E-state index is -0.0521. The quantitative estimate of drug-likeness (QED) is 0.129. The van der Waals surface area contributed by atoms with E-state index in [0.29, 0.717) is 12.0 Å². The first kappa shape index (κ1) is 62.3. The van der Waals surface area contributed by atoms with Crippen molar-refractivity contribution < 1.29 is 0 Å². The first-order valence-corrected chi connectivity index (χ1v) is 36.2. The van der Waals surface area contributed by atoms with Gasteiger partial charge in [0.1, 0.15) is 0 Å². The number of pyridine rings is 2. The molecule has 0 aliphatic heterocycles.